The first kappa shape index (κ1) is 14.7. The van der Waals surface area contributed by atoms with Gasteiger partial charge in [0.2, 0.25) is 0 Å². The molecule has 19 heavy (non-hydrogen) atoms. The zero-order chi connectivity index (χ0) is 14.6. The Bertz CT molecular complexity index is 528. The standard InChI is InChI=1S/C12H9F3O4/c1-2-5-19-12(18)9(11(16)17)8-6(13)3-4-7(14)10(8)15/h2-4,9H,1,5H2,(H,16,17). The van der Waals surface area contributed by atoms with Gasteiger partial charge in [0.05, 0.1) is 5.56 Å². The van der Waals surface area contributed by atoms with E-state index < -0.39 is 40.9 Å². The van der Waals surface area contributed by atoms with E-state index in [0.717, 1.165) is 6.08 Å². The fourth-order valence-electron chi connectivity index (χ4n) is 1.37. The van der Waals surface area contributed by atoms with Gasteiger partial charge in [0.1, 0.15) is 12.4 Å². The molecule has 1 unspecified atom stereocenters. The minimum Gasteiger partial charge on any atom is -0.480 e. The Hall–Kier alpha value is -2.31. The predicted octanol–water partition coefficient (Wildman–Crippen LogP) is 2.00. The average molecular weight is 274 g/mol. The molecule has 1 aromatic rings. The van der Waals surface area contributed by atoms with Crippen LogP contribution in [0.3, 0.4) is 0 Å². The molecule has 0 saturated carbocycles. The van der Waals surface area contributed by atoms with Crippen molar-refractivity contribution in [3.05, 3.63) is 47.8 Å². The van der Waals surface area contributed by atoms with Crippen molar-refractivity contribution in [2.45, 2.75) is 5.92 Å². The van der Waals surface area contributed by atoms with E-state index in [4.69, 9.17) is 5.11 Å². The molecule has 0 fully saturated rings. The third kappa shape index (κ3) is 3.12. The van der Waals surface area contributed by atoms with Crippen LogP contribution in [0.25, 0.3) is 0 Å². The lowest BCUT2D eigenvalue weighted by Gasteiger charge is -2.13. The Morgan fingerprint density at radius 2 is 1.89 bits per heavy atom. The molecular formula is C12H9F3O4. The average Bonchev–Trinajstić information content (AvgIpc) is 2.35. The summed E-state index contributed by atoms with van der Waals surface area (Å²) in [7, 11) is 0. The van der Waals surface area contributed by atoms with Crippen LogP contribution in [0.2, 0.25) is 0 Å². The number of esters is 1. The van der Waals surface area contributed by atoms with Gasteiger partial charge in [-0.2, -0.15) is 0 Å². The lowest BCUT2D eigenvalue weighted by atomic mass is 9.98. The number of hydrogen-bond donors (Lipinski definition) is 1. The Morgan fingerprint density at radius 1 is 1.32 bits per heavy atom. The summed E-state index contributed by atoms with van der Waals surface area (Å²) in [4.78, 5) is 22.4. The molecule has 4 nitrogen and oxygen atoms in total. The molecule has 0 spiro atoms. The van der Waals surface area contributed by atoms with E-state index in [2.05, 4.69) is 11.3 Å². The highest BCUT2D eigenvalue weighted by Gasteiger charge is 2.36. The first-order chi connectivity index (χ1) is 8.90. The monoisotopic (exact) mass is 274 g/mol. The van der Waals surface area contributed by atoms with E-state index in [1.165, 1.54) is 0 Å². The highest BCUT2D eigenvalue weighted by molar-refractivity contribution is 6.00. The topological polar surface area (TPSA) is 63.6 Å². The van der Waals surface area contributed by atoms with E-state index in [-0.39, 0.29) is 6.61 Å². The van der Waals surface area contributed by atoms with Crippen molar-refractivity contribution in [3.63, 3.8) is 0 Å². The van der Waals surface area contributed by atoms with Crippen molar-refractivity contribution in [1.29, 1.82) is 0 Å². The van der Waals surface area contributed by atoms with Crippen LogP contribution < -0.4 is 0 Å². The molecule has 102 valence electrons. The van der Waals surface area contributed by atoms with Crippen molar-refractivity contribution in [3.8, 4) is 0 Å². The van der Waals surface area contributed by atoms with Crippen LogP contribution in [0.5, 0.6) is 0 Å². The molecule has 0 bridgehead atoms. The second kappa shape index (κ2) is 6.03. The number of ether oxygens (including phenoxy) is 1. The number of carboxylic acid groups (broad SMARTS) is 1. The van der Waals surface area contributed by atoms with Gasteiger partial charge in [0.25, 0.3) is 0 Å². The van der Waals surface area contributed by atoms with Crippen LogP contribution in [0.1, 0.15) is 11.5 Å². The number of rotatable bonds is 5. The van der Waals surface area contributed by atoms with E-state index >= 15 is 0 Å². The van der Waals surface area contributed by atoms with Gasteiger partial charge in [-0.15, -0.1) is 0 Å². The van der Waals surface area contributed by atoms with Crippen LogP contribution >= 0.6 is 0 Å². The lowest BCUT2D eigenvalue weighted by Crippen LogP contribution is -2.26. The zero-order valence-corrected chi connectivity index (χ0v) is 9.53. The molecule has 0 aromatic heterocycles. The van der Waals surface area contributed by atoms with Crippen molar-refractivity contribution in [2.24, 2.45) is 0 Å². The van der Waals surface area contributed by atoms with Gasteiger partial charge >= 0.3 is 11.9 Å². The maximum absolute atomic E-state index is 13.4. The van der Waals surface area contributed by atoms with Crippen LogP contribution in [-0.4, -0.2) is 23.7 Å². The molecule has 0 aliphatic heterocycles. The summed E-state index contributed by atoms with van der Waals surface area (Å²) in [5, 5.41) is 8.85. The van der Waals surface area contributed by atoms with E-state index in [1.54, 1.807) is 0 Å². The van der Waals surface area contributed by atoms with Gasteiger partial charge < -0.3 is 9.84 Å². The van der Waals surface area contributed by atoms with Gasteiger partial charge in [-0.1, -0.05) is 12.7 Å². The second-order valence-corrected chi connectivity index (χ2v) is 3.45. The van der Waals surface area contributed by atoms with E-state index in [9.17, 15) is 22.8 Å². The summed E-state index contributed by atoms with van der Waals surface area (Å²) in [5.74, 6) is -10.1. The molecule has 0 aliphatic carbocycles. The van der Waals surface area contributed by atoms with Gasteiger partial charge in [-0.3, -0.25) is 9.59 Å². The quantitative estimate of drug-likeness (QED) is 0.386. The van der Waals surface area contributed by atoms with Crippen LogP contribution in [0, 0.1) is 17.5 Å². The summed E-state index contributed by atoms with van der Waals surface area (Å²) >= 11 is 0. The summed E-state index contributed by atoms with van der Waals surface area (Å²) in [6, 6.07) is 1.02. The van der Waals surface area contributed by atoms with Crippen molar-refractivity contribution >= 4 is 11.9 Å². The highest BCUT2D eigenvalue weighted by atomic mass is 19.2. The maximum Gasteiger partial charge on any atom is 0.325 e. The highest BCUT2D eigenvalue weighted by Crippen LogP contribution is 2.26. The Balaban J connectivity index is 3.27. The molecule has 0 saturated heterocycles. The van der Waals surface area contributed by atoms with Crippen molar-refractivity contribution in [1.82, 2.24) is 0 Å². The minimum absolute atomic E-state index is 0.332. The summed E-state index contributed by atoms with van der Waals surface area (Å²) in [6.45, 7) is 2.89. The molecule has 0 amide bonds. The van der Waals surface area contributed by atoms with E-state index in [1.807, 2.05) is 0 Å². The first-order valence-corrected chi connectivity index (χ1v) is 5.03. The number of carbonyl (C=O) groups excluding carboxylic acids is 1. The zero-order valence-electron chi connectivity index (χ0n) is 9.53. The van der Waals surface area contributed by atoms with Crippen molar-refractivity contribution < 1.29 is 32.6 Å². The van der Waals surface area contributed by atoms with E-state index in [0.29, 0.717) is 12.1 Å². The molecule has 1 aromatic carbocycles. The number of carboxylic acids is 1. The predicted molar refractivity (Wildman–Crippen MR) is 57.8 cm³/mol. The lowest BCUT2D eigenvalue weighted by molar-refractivity contribution is -0.153. The Kier molecular flexibility index (Phi) is 4.68. The molecule has 0 aliphatic rings. The Morgan fingerprint density at radius 3 is 2.42 bits per heavy atom. The third-order valence-corrected chi connectivity index (χ3v) is 2.19. The molecular weight excluding hydrogens is 265 g/mol. The van der Waals surface area contributed by atoms with Crippen LogP contribution in [0.4, 0.5) is 13.2 Å². The molecule has 0 radical (unpaired) electrons. The maximum atomic E-state index is 13.4. The summed E-state index contributed by atoms with van der Waals surface area (Å²) in [5.41, 5.74) is -1.19. The molecule has 1 rings (SSSR count). The number of carbonyl (C=O) groups is 2. The second-order valence-electron chi connectivity index (χ2n) is 3.45. The largest absolute Gasteiger partial charge is 0.480 e. The summed E-state index contributed by atoms with van der Waals surface area (Å²) < 4.78 is 44.3. The minimum atomic E-state index is -2.28. The molecule has 1 N–H and O–H groups in total. The van der Waals surface area contributed by atoms with Crippen LogP contribution in [-0.2, 0) is 14.3 Å². The fraction of sp³-hybridized carbons (Fsp3) is 0.167. The number of aliphatic carboxylic acids is 1. The molecule has 1 atom stereocenters. The van der Waals surface area contributed by atoms with Gasteiger partial charge in [-0.05, 0) is 12.1 Å². The first-order valence-electron chi connectivity index (χ1n) is 5.03. The van der Waals surface area contributed by atoms with Gasteiger partial charge in [0.15, 0.2) is 17.6 Å². The van der Waals surface area contributed by atoms with Gasteiger partial charge in [0, 0.05) is 0 Å². The Labute approximate surface area is 106 Å². The molecule has 0 heterocycles. The van der Waals surface area contributed by atoms with Crippen molar-refractivity contribution in [2.75, 3.05) is 6.61 Å². The SMILES string of the molecule is C=CCOC(=O)C(C(=O)O)c1c(F)ccc(F)c1F. The normalized spacial score (nSPS) is 11.7. The number of halogens is 3. The van der Waals surface area contributed by atoms with Crippen LogP contribution in [0.15, 0.2) is 24.8 Å². The summed E-state index contributed by atoms with van der Waals surface area (Å²) in [6.07, 6.45) is 1.15. The smallest absolute Gasteiger partial charge is 0.325 e. The number of benzene rings is 1. The number of hydrogen-bond acceptors (Lipinski definition) is 3. The van der Waals surface area contributed by atoms with Gasteiger partial charge in [-0.25, -0.2) is 13.2 Å². The fourth-order valence-corrected chi connectivity index (χ4v) is 1.37. The molecule has 7 heteroatoms. The third-order valence-electron chi connectivity index (χ3n) is 2.19.